The summed E-state index contributed by atoms with van der Waals surface area (Å²) in [5, 5.41) is 37.3. The van der Waals surface area contributed by atoms with E-state index in [9.17, 15) is 20.4 Å². The van der Waals surface area contributed by atoms with Gasteiger partial charge in [0.15, 0.2) is 0 Å². The van der Waals surface area contributed by atoms with Crippen LogP contribution in [0.15, 0.2) is 36.4 Å². The third-order valence-corrected chi connectivity index (χ3v) is 3.08. The lowest BCUT2D eigenvalue weighted by Gasteiger charge is -2.08. The summed E-state index contributed by atoms with van der Waals surface area (Å²) in [6, 6.07) is 8.25. The maximum atomic E-state index is 9.32. The molecule has 0 unspecified atom stereocenters. The normalized spacial score (nSPS) is 10.4. The molecule has 0 heterocycles. The molecule has 0 atom stereocenters. The van der Waals surface area contributed by atoms with Crippen LogP contribution >= 0.6 is 0 Å². The average Bonchev–Trinajstić information content (AvgIpc) is 2.44. The smallest absolute Gasteiger partial charge is 0.126 e. The second-order valence-corrected chi connectivity index (χ2v) is 5.13. The van der Waals surface area contributed by atoms with Gasteiger partial charge in [-0.15, -0.1) is 0 Å². The van der Waals surface area contributed by atoms with Crippen molar-refractivity contribution in [1.29, 1.82) is 0 Å². The van der Waals surface area contributed by atoms with E-state index in [1.807, 2.05) is 0 Å². The topological polar surface area (TPSA) is 99.4 Å². The molecule has 0 aliphatic heterocycles. The van der Waals surface area contributed by atoms with E-state index in [0.717, 1.165) is 19.3 Å². The summed E-state index contributed by atoms with van der Waals surface area (Å²) >= 11 is 0. The molecule has 23 heavy (non-hydrogen) atoms. The SMILES string of the molecule is Oc1cc(O)cc(OCCCCCOc2cc(O)cc(O)c2)c1. The number of hydrogen-bond acceptors (Lipinski definition) is 6. The molecular formula is C17H20O6. The summed E-state index contributed by atoms with van der Waals surface area (Å²) in [5.74, 6) is 0.694. The molecule has 2 aromatic carbocycles. The van der Waals surface area contributed by atoms with E-state index in [1.54, 1.807) is 0 Å². The Morgan fingerprint density at radius 1 is 0.522 bits per heavy atom. The van der Waals surface area contributed by atoms with Gasteiger partial charge >= 0.3 is 0 Å². The molecule has 6 nitrogen and oxygen atoms in total. The first-order valence-electron chi connectivity index (χ1n) is 7.34. The minimum Gasteiger partial charge on any atom is -0.508 e. The Balaban J connectivity index is 1.60. The predicted octanol–water partition coefficient (Wildman–Crippen LogP) is 3.14. The second-order valence-electron chi connectivity index (χ2n) is 5.13. The van der Waals surface area contributed by atoms with E-state index in [0.29, 0.717) is 24.7 Å². The molecule has 6 heteroatoms. The number of rotatable bonds is 8. The van der Waals surface area contributed by atoms with Gasteiger partial charge in [-0.25, -0.2) is 0 Å². The van der Waals surface area contributed by atoms with Crippen LogP contribution in [0.5, 0.6) is 34.5 Å². The quantitative estimate of drug-likeness (QED) is 0.558. The van der Waals surface area contributed by atoms with Gasteiger partial charge in [0, 0.05) is 36.4 Å². The van der Waals surface area contributed by atoms with Crippen LogP contribution in [0.25, 0.3) is 0 Å². The first kappa shape index (κ1) is 16.6. The molecule has 0 aromatic heterocycles. The molecule has 0 aliphatic carbocycles. The van der Waals surface area contributed by atoms with Gasteiger partial charge in [0.25, 0.3) is 0 Å². The molecular weight excluding hydrogens is 300 g/mol. The Morgan fingerprint density at radius 2 is 0.870 bits per heavy atom. The van der Waals surface area contributed by atoms with E-state index in [1.165, 1.54) is 36.4 Å². The van der Waals surface area contributed by atoms with Crippen LogP contribution in [0.2, 0.25) is 0 Å². The Kier molecular flexibility index (Phi) is 5.80. The van der Waals surface area contributed by atoms with E-state index in [4.69, 9.17) is 9.47 Å². The molecule has 0 amide bonds. The van der Waals surface area contributed by atoms with Gasteiger partial charge in [-0.05, 0) is 19.3 Å². The van der Waals surface area contributed by atoms with Crippen molar-refractivity contribution in [3.63, 3.8) is 0 Å². The van der Waals surface area contributed by atoms with Gasteiger partial charge in [-0.3, -0.25) is 0 Å². The molecule has 2 rings (SSSR count). The summed E-state index contributed by atoms with van der Waals surface area (Å²) in [5.41, 5.74) is 0. The number of phenols is 4. The lowest BCUT2D eigenvalue weighted by Crippen LogP contribution is -2.01. The average molecular weight is 320 g/mol. The highest BCUT2D eigenvalue weighted by atomic mass is 16.5. The minimum atomic E-state index is -0.0391. The summed E-state index contributed by atoms with van der Waals surface area (Å²) in [4.78, 5) is 0. The van der Waals surface area contributed by atoms with Gasteiger partial charge in [0.1, 0.15) is 34.5 Å². The summed E-state index contributed by atoms with van der Waals surface area (Å²) in [6.45, 7) is 0.936. The highest BCUT2D eigenvalue weighted by Crippen LogP contribution is 2.26. The number of hydrogen-bond donors (Lipinski definition) is 4. The minimum absolute atomic E-state index is 0.0391. The summed E-state index contributed by atoms with van der Waals surface area (Å²) in [7, 11) is 0. The molecule has 124 valence electrons. The molecule has 0 fully saturated rings. The Hall–Kier alpha value is -2.76. The largest absolute Gasteiger partial charge is 0.508 e. The van der Waals surface area contributed by atoms with Crippen molar-refractivity contribution in [3.8, 4) is 34.5 Å². The van der Waals surface area contributed by atoms with Crippen LogP contribution in [0.1, 0.15) is 19.3 Å². The second kappa shape index (κ2) is 8.03. The molecule has 0 bridgehead atoms. The van der Waals surface area contributed by atoms with Gasteiger partial charge in [-0.2, -0.15) is 0 Å². The Bertz CT molecular complexity index is 545. The van der Waals surface area contributed by atoms with Gasteiger partial charge in [0.05, 0.1) is 13.2 Å². The molecule has 0 saturated carbocycles. The number of ether oxygens (including phenoxy) is 2. The molecule has 0 radical (unpaired) electrons. The van der Waals surface area contributed by atoms with Gasteiger partial charge in [-0.1, -0.05) is 0 Å². The van der Waals surface area contributed by atoms with Crippen molar-refractivity contribution in [2.24, 2.45) is 0 Å². The third-order valence-electron chi connectivity index (χ3n) is 3.08. The Labute approximate surface area is 134 Å². The van der Waals surface area contributed by atoms with Crippen molar-refractivity contribution in [2.45, 2.75) is 19.3 Å². The summed E-state index contributed by atoms with van der Waals surface area (Å²) < 4.78 is 10.9. The van der Waals surface area contributed by atoms with Crippen LogP contribution in [-0.4, -0.2) is 33.6 Å². The molecule has 0 aliphatic rings. The fraction of sp³-hybridized carbons (Fsp3) is 0.294. The first-order valence-corrected chi connectivity index (χ1v) is 7.34. The maximum absolute atomic E-state index is 9.32. The summed E-state index contributed by atoms with van der Waals surface area (Å²) in [6.07, 6.45) is 2.46. The molecule has 4 N–H and O–H groups in total. The zero-order chi connectivity index (χ0) is 16.7. The van der Waals surface area contributed by atoms with E-state index in [-0.39, 0.29) is 23.0 Å². The number of benzene rings is 2. The van der Waals surface area contributed by atoms with Gasteiger partial charge in [0.2, 0.25) is 0 Å². The van der Waals surface area contributed by atoms with Crippen molar-refractivity contribution < 1.29 is 29.9 Å². The zero-order valence-electron chi connectivity index (χ0n) is 12.6. The highest BCUT2D eigenvalue weighted by molar-refractivity contribution is 5.41. The fourth-order valence-corrected chi connectivity index (χ4v) is 2.06. The molecule has 2 aromatic rings. The Morgan fingerprint density at radius 3 is 1.22 bits per heavy atom. The standard InChI is InChI=1S/C17H20O6/c18-12-6-13(19)9-16(8-12)22-4-2-1-3-5-23-17-10-14(20)7-15(21)11-17/h6-11,18-21H,1-5H2. The van der Waals surface area contributed by atoms with Crippen LogP contribution in [0.4, 0.5) is 0 Å². The van der Waals surface area contributed by atoms with E-state index >= 15 is 0 Å². The van der Waals surface area contributed by atoms with Crippen molar-refractivity contribution >= 4 is 0 Å². The third kappa shape index (κ3) is 5.86. The van der Waals surface area contributed by atoms with E-state index < -0.39 is 0 Å². The maximum Gasteiger partial charge on any atom is 0.126 e. The van der Waals surface area contributed by atoms with Crippen molar-refractivity contribution in [3.05, 3.63) is 36.4 Å². The van der Waals surface area contributed by atoms with Gasteiger partial charge < -0.3 is 29.9 Å². The molecule has 0 spiro atoms. The highest BCUT2D eigenvalue weighted by Gasteiger charge is 2.01. The fourth-order valence-electron chi connectivity index (χ4n) is 2.06. The zero-order valence-corrected chi connectivity index (χ0v) is 12.6. The molecule has 0 saturated heterocycles. The number of phenolic OH excluding ortho intramolecular Hbond substituents is 4. The van der Waals surface area contributed by atoms with Crippen molar-refractivity contribution in [2.75, 3.05) is 13.2 Å². The lowest BCUT2D eigenvalue weighted by atomic mass is 10.2. The van der Waals surface area contributed by atoms with E-state index in [2.05, 4.69) is 0 Å². The van der Waals surface area contributed by atoms with Crippen LogP contribution in [-0.2, 0) is 0 Å². The predicted molar refractivity (Wildman–Crippen MR) is 84.4 cm³/mol. The monoisotopic (exact) mass is 320 g/mol. The van der Waals surface area contributed by atoms with Crippen LogP contribution in [0.3, 0.4) is 0 Å². The first-order chi connectivity index (χ1) is 11.0. The van der Waals surface area contributed by atoms with Crippen molar-refractivity contribution in [1.82, 2.24) is 0 Å². The lowest BCUT2D eigenvalue weighted by molar-refractivity contribution is 0.277. The van der Waals surface area contributed by atoms with Crippen LogP contribution < -0.4 is 9.47 Å². The van der Waals surface area contributed by atoms with Crippen LogP contribution in [0, 0.1) is 0 Å². The number of unbranched alkanes of at least 4 members (excludes halogenated alkanes) is 2. The number of aromatic hydroxyl groups is 4.